The average molecular weight is 578 g/mol. The fourth-order valence-corrected chi connectivity index (χ4v) is 6.48. The van der Waals surface area contributed by atoms with Crippen LogP contribution in [0.2, 0.25) is 0 Å². The zero-order valence-electron chi connectivity index (χ0n) is 21.4. The molecule has 1 atom stereocenters. The number of hydrogen-bond acceptors (Lipinski definition) is 7. The van der Waals surface area contributed by atoms with E-state index in [4.69, 9.17) is 9.47 Å². The standard InChI is InChI=1S/C25H30F3NO7S2/c1-24(2,20-13-23(14-20)36-38(32,33)25(26,27)28)17-37(30,31)29(15-18-5-9-21(34-3)10-6-18)16-19-7-11-22(35-4)12-8-19/h5-13,20H,14-17H2,1-4H3/t20-/m0/s1. The predicted octanol–water partition coefficient (Wildman–Crippen LogP) is 4.83. The molecule has 2 aromatic carbocycles. The van der Waals surface area contributed by atoms with Crippen LogP contribution in [0, 0.1) is 11.3 Å². The van der Waals surface area contributed by atoms with Crippen LogP contribution in [-0.2, 0) is 37.4 Å². The Morgan fingerprint density at radius 3 is 1.63 bits per heavy atom. The van der Waals surface area contributed by atoms with E-state index in [1.54, 1.807) is 62.4 Å². The van der Waals surface area contributed by atoms with Gasteiger partial charge in [-0.25, -0.2) is 8.42 Å². The minimum absolute atomic E-state index is 0.0765. The first-order valence-corrected chi connectivity index (χ1v) is 14.5. The summed E-state index contributed by atoms with van der Waals surface area (Å²) >= 11 is 0. The summed E-state index contributed by atoms with van der Waals surface area (Å²) in [5.41, 5.74) is -5.00. The number of halogens is 3. The molecule has 0 bridgehead atoms. The highest BCUT2D eigenvalue weighted by Crippen LogP contribution is 2.43. The molecule has 0 saturated carbocycles. The highest BCUT2D eigenvalue weighted by atomic mass is 32.2. The molecule has 0 unspecified atom stereocenters. The van der Waals surface area contributed by atoms with Crippen molar-refractivity contribution in [1.29, 1.82) is 0 Å². The minimum Gasteiger partial charge on any atom is -0.497 e. The van der Waals surface area contributed by atoms with E-state index >= 15 is 0 Å². The van der Waals surface area contributed by atoms with Crippen molar-refractivity contribution in [2.24, 2.45) is 11.3 Å². The molecule has 8 nitrogen and oxygen atoms in total. The summed E-state index contributed by atoms with van der Waals surface area (Å²) < 4.78 is 103. The van der Waals surface area contributed by atoms with Crippen LogP contribution in [0.4, 0.5) is 13.2 Å². The Labute approximate surface area is 221 Å². The lowest BCUT2D eigenvalue weighted by Crippen LogP contribution is -2.41. The maximum Gasteiger partial charge on any atom is 0.534 e. The number of alkyl halides is 3. The number of rotatable bonds is 12. The van der Waals surface area contributed by atoms with Crippen LogP contribution in [0.3, 0.4) is 0 Å². The summed E-state index contributed by atoms with van der Waals surface area (Å²) in [4.78, 5) is 0. The van der Waals surface area contributed by atoms with E-state index in [0.29, 0.717) is 11.5 Å². The number of hydrogen-bond donors (Lipinski definition) is 0. The molecule has 1 aliphatic carbocycles. The molecule has 0 radical (unpaired) electrons. The molecule has 0 spiro atoms. The maximum absolute atomic E-state index is 13.7. The Bertz CT molecular complexity index is 1300. The van der Waals surface area contributed by atoms with Gasteiger partial charge in [-0.05, 0) is 52.8 Å². The van der Waals surface area contributed by atoms with Crippen LogP contribution in [-0.4, -0.2) is 46.6 Å². The third kappa shape index (κ3) is 7.20. The van der Waals surface area contributed by atoms with Gasteiger partial charge in [0.05, 0.1) is 20.0 Å². The van der Waals surface area contributed by atoms with Gasteiger partial charge < -0.3 is 13.7 Å². The first-order chi connectivity index (χ1) is 17.6. The molecule has 2 aromatic rings. The average Bonchev–Trinajstić information content (AvgIpc) is 2.80. The Kier molecular flexibility index (Phi) is 8.74. The second-order valence-corrected chi connectivity index (χ2v) is 13.1. The molecular weight excluding hydrogens is 547 g/mol. The molecule has 0 amide bonds. The summed E-state index contributed by atoms with van der Waals surface area (Å²) in [5.74, 6) is 0.0708. The summed E-state index contributed by atoms with van der Waals surface area (Å²) in [5, 5.41) is 0. The third-order valence-corrected chi connectivity index (χ3v) is 9.45. The minimum atomic E-state index is -5.77. The SMILES string of the molecule is COc1ccc(CN(Cc2ccc(OC)cc2)S(=O)(=O)CC(C)(C)[C@H]2C=C(OS(=O)(=O)C(F)(F)F)C2)cc1. The number of ether oxygens (including phenoxy) is 2. The molecule has 0 fully saturated rings. The highest BCUT2D eigenvalue weighted by Gasteiger charge is 2.50. The number of methoxy groups -OCH3 is 2. The summed E-state index contributed by atoms with van der Waals surface area (Å²) in [7, 11) is -6.61. The summed E-state index contributed by atoms with van der Waals surface area (Å²) in [6.07, 6.45) is 1.10. The zero-order chi connectivity index (χ0) is 28.4. The van der Waals surface area contributed by atoms with Crippen molar-refractivity contribution in [1.82, 2.24) is 4.31 Å². The van der Waals surface area contributed by atoms with Crippen LogP contribution in [0.1, 0.15) is 31.4 Å². The molecular formula is C25H30F3NO7S2. The Morgan fingerprint density at radius 1 is 0.842 bits per heavy atom. The van der Waals surface area contributed by atoms with Gasteiger partial charge in [0.15, 0.2) is 0 Å². The monoisotopic (exact) mass is 577 g/mol. The van der Waals surface area contributed by atoms with Crippen LogP contribution < -0.4 is 9.47 Å². The molecule has 1 aliphatic rings. The van der Waals surface area contributed by atoms with Crippen molar-refractivity contribution in [3.05, 3.63) is 71.5 Å². The van der Waals surface area contributed by atoms with Crippen molar-refractivity contribution in [3.8, 4) is 11.5 Å². The van der Waals surface area contributed by atoms with Crippen LogP contribution in [0.5, 0.6) is 11.5 Å². The Morgan fingerprint density at radius 2 is 1.26 bits per heavy atom. The Hall–Kier alpha value is -2.77. The molecule has 0 aromatic heterocycles. The van der Waals surface area contributed by atoms with Gasteiger partial charge in [0.1, 0.15) is 17.3 Å². The number of nitrogens with zero attached hydrogens (tertiary/aromatic N) is 1. The maximum atomic E-state index is 13.7. The number of sulfonamides is 1. The van der Waals surface area contributed by atoms with Crippen molar-refractivity contribution in [3.63, 3.8) is 0 Å². The third-order valence-electron chi connectivity index (χ3n) is 6.30. The molecule has 0 N–H and O–H groups in total. The number of allylic oxidation sites excluding steroid dienone is 2. The van der Waals surface area contributed by atoms with Crippen molar-refractivity contribution in [2.75, 3.05) is 20.0 Å². The molecule has 38 heavy (non-hydrogen) atoms. The molecule has 0 saturated heterocycles. The molecule has 3 rings (SSSR count). The van der Waals surface area contributed by atoms with E-state index < -0.39 is 37.0 Å². The zero-order valence-corrected chi connectivity index (χ0v) is 23.0. The van der Waals surface area contributed by atoms with Crippen LogP contribution in [0.15, 0.2) is 60.4 Å². The highest BCUT2D eigenvalue weighted by molar-refractivity contribution is 7.89. The van der Waals surface area contributed by atoms with E-state index in [9.17, 15) is 30.0 Å². The second-order valence-electron chi connectivity index (χ2n) is 9.64. The first kappa shape index (κ1) is 29.8. The molecule has 0 aliphatic heterocycles. The molecule has 13 heteroatoms. The van der Waals surface area contributed by atoms with E-state index in [0.717, 1.165) is 11.1 Å². The van der Waals surface area contributed by atoms with Crippen LogP contribution in [0.25, 0.3) is 0 Å². The van der Waals surface area contributed by atoms with E-state index in [1.165, 1.54) is 24.6 Å². The van der Waals surface area contributed by atoms with Gasteiger partial charge in [-0.15, -0.1) is 0 Å². The van der Waals surface area contributed by atoms with E-state index in [1.807, 2.05) is 0 Å². The predicted molar refractivity (Wildman–Crippen MR) is 135 cm³/mol. The van der Waals surface area contributed by atoms with Gasteiger partial charge in [-0.2, -0.15) is 25.9 Å². The lowest BCUT2D eigenvalue weighted by molar-refractivity contribution is -0.0529. The van der Waals surface area contributed by atoms with Gasteiger partial charge in [0.2, 0.25) is 10.0 Å². The van der Waals surface area contributed by atoms with E-state index in [-0.39, 0.29) is 31.0 Å². The fourth-order valence-electron chi connectivity index (χ4n) is 3.95. The van der Waals surface area contributed by atoms with Gasteiger partial charge in [-0.3, -0.25) is 0 Å². The molecule has 210 valence electrons. The first-order valence-electron chi connectivity index (χ1n) is 11.5. The van der Waals surface area contributed by atoms with Gasteiger partial charge in [-0.1, -0.05) is 38.1 Å². The van der Waals surface area contributed by atoms with Crippen molar-refractivity contribution < 1.29 is 43.7 Å². The van der Waals surface area contributed by atoms with Gasteiger partial charge >= 0.3 is 15.6 Å². The quantitative estimate of drug-likeness (QED) is 0.263. The van der Waals surface area contributed by atoms with E-state index in [2.05, 4.69) is 4.18 Å². The van der Waals surface area contributed by atoms with Crippen LogP contribution >= 0.6 is 0 Å². The summed E-state index contributed by atoms with van der Waals surface area (Å²) in [6, 6.07) is 14.0. The fraction of sp³-hybridized carbons (Fsp3) is 0.440. The van der Waals surface area contributed by atoms with Gasteiger partial charge in [0, 0.05) is 19.5 Å². The normalized spacial score (nSPS) is 16.5. The van der Waals surface area contributed by atoms with Crippen molar-refractivity contribution >= 4 is 20.1 Å². The lowest BCUT2D eigenvalue weighted by Gasteiger charge is -2.39. The smallest absolute Gasteiger partial charge is 0.497 e. The van der Waals surface area contributed by atoms with Gasteiger partial charge in [0.25, 0.3) is 0 Å². The summed E-state index contributed by atoms with van der Waals surface area (Å²) in [6.45, 7) is 3.49. The van der Waals surface area contributed by atoms with Crippen molar-refractivity contribution in [2.45, 2.75) is 38.9 Å². The number of benzene rings is 2. The second kappa shape index (κ2) is 11.1. The largest absolute Gasteiger partial charge is 0.534 e. The molecule has 0 heterocycles. The topological polar surface area (TPSA) is 99.2 Å². The lowest BCUT2D eigenvalue weighted by atomic mass is 9.73. The Balaban J connectivity index is 1.80.